The first kappa shape index (κ1) is 21.5. The van der Waals surface area contributed by atoms with Crippen LogP contribution in [0, 0.1) is 6.92 Å². The number of aryl methyl sites for hydroxylation is 1. The molecule has 2 amide bonds. The second kappa shape index (κ2) is 10.5. The van der Waals surface area contributed by atoms with Crippen LogP contribution in [0.5, 0.6) is 0 Å². The number of nitrogens with one attached hydrogen (secondary N) is 3. The largest absolute Gasteiger partial charge is 0.350 e. The molecule has 1 atom stereocenters. The Balaban J connectivity index is 2.13. The Morgan fingerprint density at radius 3 is 2.28 bits per heavy atom. The zero-order valence-electron chi connectivity index (χ0n) is 16.1. The normalized spacial score (nSPS) is 12.5. The van der Waals surface area contributed by atoms with Gasteiger partial charge in [-0.25, -0.2) is 0 Å². The van der Waals surface area contributed by atoms with Crippen LogP contribution in [0.25, 0.3) is 0 Å². The Labute approximate surface area is 155 Å². The van der Waals surface area contributed by atoms with Gasteiger partial charge in [-0.1, -0.05) is 29.8 Å². The fourth-order valence-corrected chi connectivity index (χ4v) is 3.09. The molecule has 0 saturated heterocycles. The summed E-state index contributed by atoms with van der Waals surface area (Å²) in [6.07, 6.45) is 0. The zero-order valence-corrected chi connectivity index (χ0v) is 16.9. The van der Waals surface area contributed by atoms with Crippen molar-refractivity contribution in [1.82, 2.24) is 10.6 Å². The molecule has 0 aromatic heterocycles. The predicted molar refractivity (Wildman–Crippen MR) is 105 cm³/mol. The van der Waals surface area contributed by atoms with Crippen LogP contribution in [-0.4, -0.2) is 49.8 Å². The Kier molecular flexibility index (Phi) is 9.00. The van der Waals surface area contributed by atoms with Gasteiger partial charge in [0.25, 0.3) is 11.8 Å². The van der Waals surface area contributed by atoms with Gasteiger partial charge in [-0.2, -0.15) is 11.8 Å². The van der Waals surface area contributed by atoms with Crippen LogP contribution in [0.4, 0.5) is 0 Å². The second-order valence-corrected chi connectivity index (χ2v) is 8.60. The number of hydrogen-bond donors (Lipinski definition) is 3. The molecular formula is C19H32N3O2S+. The molecular weight excluding hydrogens is 334 g/mol. The van der Waals surface area contributed by atoms with Crippen LogP contribution < -0.4 is 15.5 Å². The zero-order chi connectivity index (χ0) is 18.9. The quantitative estimate of drug-likeness (QED) is 0.566. The summed E-state index contributed by atoms with van der Waals surface area (Å²) in [6.45, 7) is 9.17. The third-order valence-corrected chi connectivity index (χ3v) is 4.43. The molecule has 5 nitrogen and oxygen atoms in total. The van der Waals surface area contributed by atoms with Crippen molar-refractivity contribution < 1.29 is 14.5 Å². The van der Waals surface area contributed by atoms with Gasteiger partial charge in [0.1, 0.15) is 0 Å². The number of hydrogen-bond acceptors (Lipinski definition) is 3. The van der Waals surface area contributed by atoms with Gasteiger partial charge in [0, 0.05) is 23.6 Å². The molecule has 0 fully saturated rings. The van der Waals surface area contributed by atoms with Crippen molar-refractivity contribution in [2.45, 2.75) is 39.0 Å². The molecule has 6 heteroatoms. The Morgan fingerprint density at radius 2 is 1.68 bits per heavy atom. The highest BCUT2D eigenvalue weighted by atomic mass is 32.2. The minimum Gasteiger partial charge on any atom is -0.350 e. The maximum absolute atomic E-state index is 11.9. The number of rotatable bonds is 9. The van der Waals surface area contributed by atoms with Crippen molar-refractivity contribution in [3.8, 4) is 0 Å². The lowest BCUT2D eigenvalue weighted by atomic mass is 10.1. The van der Waals surface area contributed by atoms with Gasteiger partial charge >= 0.3 is 0 Å². The summed E-state index contributed by atoms with van der Waals surface area (Å²) in [5, 5.41) is 5.83. The van der Waals surface area contributed by atoms with E-state index in [1.54, 1.807) is 11.8 Å². The molecule has 25 heavy (non-hydrogen) atoms. The average Bonchev–Trinajstić information content (AvgIpc) is 2.46. The van der Waals surface area contributed by atoms with E-state index in [0.29, 0.717) is 19.6 Å². The number of likely N-dealkylation sites (N-methyl/N-ethyl adjacent to an activating group) is 1. The summed E-state index contributed by atoms with van der Waals surface area (Å²) in [4.78, 5) is 24.6. The van der Waals surface area contributed by atoms with Gasteiger partial charge in [0.15, 0.2) is 13.1 Å². The lowest BCUT2D eigenvalue weighted by Crippen LogP contribution is -3.11. The Bertz CT molecular complexity index is 553. The van der Waals surface area contributed by atoms with Gasteiger partial charge in [0.05, 0.1) is 7.05 Å². The summed E-state index contributed by atoms with van der Waals surface area (Å²) in [5.41, 5.74) is 2.33. The maximum atomic E-state index is 11.9. The maximum Gasteiger partial charge on any atom is 0.275 e. The van der Waals surface area contributed by atoms with Crippen LogP contribution in [-0.2, 0) is 15.3 Å². The van der Waals surface area contributed by atoms with Gasteiger partial charge < -0.3 is 15.5 Å². The SMILES string of the molecule is Cc1ccc(CSCCNC(=O)C[NH+](C)CC(=O)NC(C)(C)C)cc1. The summed E-state index contributed by atoms with van der Waals surface area (Å²) >= 11 is 1.80. The van der Waals surface area contributed by atoms with Gasteiger partial charge in [-0.3, -0.25) is 9.59 Å². The van der Waals surface area contributed by atoms with E-state index in [1.807, 2.05) is 27.8 Å². The first-order valence-electron chi connectivity index (χ1n) is 8.68. The minimum absolute atomic E-state index is 0.0167. The molecule has 0 aliphatic heterocycles. The molecule has 1 aromatic carbocycles. The highest BCUT2D eigenvalue weighted by Crippen LogP contribution is 2.12. The summed E-state index contributed by atoms with van der Waals surface area (Å²) in [5.74, 6) is 1.78. The van der Waals surface area contributed by atoms with Crippen molar-refractivity contribution in [3.63, 3.8) is 0 Å². The molecule has 0 heterocycles. The fourth-order valence-electron chi connectivity index (χ4n) is 2.27. The number of thioether (sulfide) groups is 1. The highest BCUT2D eigenvalue weighted by molar-refractivity contribution is 7.98. The van der Waals surface area contributed by atoms with E-state index in [9.17, 15) is 9.59 Å². The third-order valence-electron chi connectivity index (χ3n) is 3.40. The fraction of sp³-hybridized carbons (Fsp3) is 0.579. The minimum atomic E-state index is -0.242. The van der Waals surface area contributed by atoms with Crippen LogP contribution in [0.3, 0.4) is 0 Å². The predicted octanol–water partition coefficient (Wildman–Crippen LogP) is 0.774. The molecule has 0 radical (unpaired) electrons. The van der Waals surface area contributed by atoms with E-state index in [2.05, 4.69) is 41.8 Å². The molecule has 1 rings (SSSR count). The number of amides is 2. The van der Waals surface area contributed by atoms with Gasteiger partial charge in [0.2, 0.25) is 0 Å². The number of quaternary nitrogens is 1. The molecule has 0 aliphatic rings. The molecule has 0 aliphatic carbocycles. The van der Waals surface area contributed by atoms with E-state index >= 15 is 0 Å². The van der Waals surface area contributed by atoms with Crippen LogP contribution in [0.2, 0.25) is 0 Å². The number of carbonyl (C=O) groups excluding carboxylic acids is 2. The lowest BCUT2D eigenvalue weighted by Gasteiger charge is -2.21. The van der Waals surface area contributed by atoms with Gasteiger partial charge in [-0.15, -0.1) is 0 Å². The van der Waals surface area contributed by atoms with Crippen molar-refractivity contribution >= 4 is 23.6 Å². The van der Waals surface area contributed by atoms with E-state index in [1.165, 1.54) is 11.1 Å². The third kappa shape index (κ3) is 10.8. The highest BCUT2D eigenvalue weighted by Gasteiger charge is 2.18. The van der Waals surface area contributed by atoms with Crippen LogP contribution >= 0.6 is 11.8 Å². The van der Waals surface area contributed by atoms with Crippen molar-refractivity contribution in [2.24, 2.45) is 0 Å². The second-order valence-electron chi connectivity index (χ2n) is 7.50. The first-order chi connectivity index (χ1) is 11.7. The first-order valence-corrected chi connectivity index (χ1v) is 9.83. The van der Waals surface area contributed by atoms with E-state index in [0.717, 1.165) is 16.4 Å². The van der Waals surface area contributed by atoms with Crippen molar-refractivity contribution in [1.29, 1.82) is 0 Å². The Hall–Kier alpha value is -1.53. The molecule has 0 saturated carbocycles. The van der Waals surface area contributed by atoms with Crippen LogP contribution in [0.1, 0.15) is 31.9 Å². The summed E-state index contributed by atoms with van der Waals surface area (Å²) in [7, 11) is 1.86. The molecule has 140 valence electrons. The smallest absolute Gasteiger partial charge is 0.275 e. The number of carbonyl (C=O) groups is 2. The molecule has 1 aromatic rings. The molecule has 0 spiro atoms. The van der Waals surface area contributed by atoms with E-state index in [4.69, 9.17) is 0 Å². The van der Waals surface area contributed by atoms with Gasteiger partial charge in [-0.05, 0) is 33.3 Å². The Morgan fingerprint density at radius 1 is 1.08 bits per heavy atom. The monoisotopic (exact) mass is 366 g/mol. The molecule has 0 bridgehead atoms. The van der Waals surface area contributed by atoms with E-state index in [-0.39, 0.29) is 17.4 Å². The van der Waals surface area contributed by atoms with Crippen molar-refractivity contribution in [2.75, 3.05) is 32.4 Å². The standard InChI is InChI=1S/C19H31N3O2S/c1-15-6-8-16(9-7-15)14-25-11-10-20-17(23)12-22(5)13-18(24)21-19(2,3)4/h6-9H,10-14H2,1-5H3,(H,20,23)(H,21,24)/p+1. The van der Waals surface area contributed by atoms with Crippen molar-refractivity contribution in [3.05, 3.63) is 35.4 Å². The summed E-state index contributed by atoms with van der Waals surface area (Å²) < 4.78 is 0. The molecule has 3 N–H and O–H groups in total. The number of benzene rings is 1. The van der Waals surface area contributed by atoms with E-state index < -0.39 is 0 Å². The lowest BCUT2D eigenvalue weighted by molar-refractivity contribution is -0.862. The topological polar surface area (TPSA) is 62.6 Å². The average molecular weight is 367 g/mol. The van der Waals surface area contributed by atoms with Crippen LogP contribution in [0.15, 0.2) is 24.3 Å². The summed E-state index contributed by atoms with van der Waals surface area (Å²) in [6, 6.07) is 8.52. The molecule has 1 unspecified atom stereocenters.